The van der Waals surface area contributed by atoms with Gasteiger partial charge in [-0.1, -0.05) is 12.8 Å². The molecule has 2 amide bonds. The average molecular weight is 526 g/mol. The lowest BCUT2D eigenvalue weighted by Crippen LogP contribution is -2.51. The Kier molecular flexibility index (Phi) is 8.57. The topological polar surface area (TPSA) is 52.6 Å². The van der Waals surface area contributed by atoms with Crippen molar-refractivity contribution in [2.75, 3.05) is 39.8 Å². The third kappa shape index (κ3) is 6.49. The third-order valence-electron chi connectivity index (χ3n) is 7.25. The second kappa shape index (κ2) is 10.9. The maximum Gasteiger partial charge on any atom is 0.416 e. The minimum absolute atomic E-state index is 0.0483. The van der Waals surface area contributed by atoms with Crippen LogP contribution < -0.4 is 5.32 Å². The predicted octanol–water partition coefficient (Wildman–Crippen LogP) is 4.87. The quantitative estimate of drug-likeness (QED) is 0.517. The van der Waals surface area contributed by atoms with Gasteiger partial charge >= 0.3 is 12.4 Å². The highest BCUT2D eigenvalue weighted by Gasteiger charge is 2.61. The molecule has 202 valence electrons. The molecule has 0 bridgehead atoms. The molecule has 1 aliphatic heterocycles. The van der Waals surface area contributed by atoms with Gasteiger partial charge in [-0.3, -0.25) is 9.59 Å². The predicted molar refractivity (Wildman–Crippen MR) is 117 cm³/mol. The zero-order chi connectivity index (χ0) is 26.7. The minimum atomic E-state index is -4.77. The van der Waals surface area contributed by atoms with E-state index in [-0.39, 0.29) is 31.8 Å². The Morgan fingerprint density at radius 3 is 2.22 bits per heavy atom. The number of carbonyl (C=O) groups excluding carboxylic acids is 2. The third-order valence-corrected chi connectivity index (χ3v) is 7.25. The van der Waals surface area contributed by atoms with Crippen LogP contribution in [0.1, 0.15) is 54.4 Å². The van der Waals surface area contributed by atoms with Crippen LogP contribution in [0, 0.1) is 17.2 Å². The van der Waals surface area contributed by atoms with Gasteiger partial charge in [0.25, 0.3) is 5.91 Å². The van der Waals surface area contributed by atoms with E-state index in [1.54, 1.807) is 0 Å². The zero-order valence-electron chi connectivity index (χ0n) is 19.9. The van der Waals surface area contributed by atoms with Crippen molar-refractivity contribution in [3.63, 3.8) is 0 Å². The number of piperidine rings is 1. The summed E-state index contributed by atoms with van der Waals surface area (Å²) in [6, 6.07) is 1.68. The van der Waals surface area contributed by atoms with Crippen LogP contribution in [0.2, 0.25) is 0 Å². The summed E-state index contributed by atoms with van der Waals surface area (Å²) in [5.74, 6) is -2.78. The lowest BCUT2D eigenvalue weighted by molar-refractivity contribution is -0.225. The fourth-order valence-electron chi connectivity index (χ4n) is 4.99. The number of benzene rings is 1. The van der Waals surface area contributed by atoms with Crippen molar-refractivity contribution in [3.05, 3.63) is 35.1 Å². The van der Waals surface area contributed by atoms with Crippen LogP contribution in [0.3, 0.4) is 0 Å². The molecule has 36 heavy (non-hydrogen) atoms. The summed E-state index contributed by atoms with van der Waals surface area (Å²) in [7, 11) is 1.40. The number of hydrogen-bond donors (Lipinski definition) is 1. The van der Waals surface area contributed by atoms with Crippen LogP contribution in [-0.4, -0.2) is 67.6 Å². The highest BCUT2D eigenvalue weighted by atomic mass is 19.4. The molecule has 1 heterocycles. The van der Waals surface area contributed by atoms with Gasteiger partial charge < -0.3 is 15.1 Å². The van der Waals surface area contributed by atoms with Crippen molar-refractivity contribution in [1.29, 1.82) is 0 Å². The molecule has 0 aromatic heterocycles. The van der Waals surface area contributed by atoms with E-state index >= 15 is 0 Å². The molecule has 1 aromatic rings. The summed E-state index contributed by atoms with van der Waals surface area (Å²) in [5.41, 5.74) is -3.93. The lowest BCUT2D eigenvalue weighted by atomic mass is 9.83. The number of likely N-dealkylation sites (N-methyl/N-ethyl adjacent to an activating group) is 1. The second-order valence-electron chi connectivity index (χ2n) is 9.74. The molecule has 2 aliphatic rings. The first-order chi connectivity index (χ1) is 16.7. The summed E-state index contributed by atoms with van der Waals surface area (Å²) in [6.45, 7) is 1.99. The Bertz CT molecular complexity index is 935. The van der Waals surface area contributed by atoms with E-state index in [0.717, 1.165) is 6.07 Å². The van der Waals surface area contributed by atoms with Crippen molar-refractivity contribution < 1.29 is 40.3 Å². The molecule has 0 unspecified atom stereocenters. The number of alkyl halides is 6. The molecule has 1 N–H and O–H groups in total. The monoisotopic (exact) mass is 525 g/mol. The van der Waals surface area contributed by atoms with Crippen LogP contribution >= 0.6 is 0 Å². The smallest absolute Gasteiger partial charge is 0.352 e. The van der Waals surface area contributed by atoms with E-state index in [1.165, 1.54) is 11.9 Å². The molecular formula is C24H30F7N3O2. The Balaban J connectivity index is 1.44. The first-order valence-corrected chi connectivity index (χ1v) is 11.9. The van der Waals surface area contributed by atoms with Crippen molar-refractivity contribution >= 4 is 11.8 Å². The van der Waals surface area contributed by atoms with E-state index in [9.17, 15) is 40.3 Å². The summed E-state index contributed by atoms with van der Waals surface area (Å²) < 4.78 is 93.0. The Hall–Kier alpha value is -2.37. The molecular weight excluding hydrogens is 495 g/mol. The van der Waals surface area contributed by atoms with E-state index in [0.29, 0.717) is 57.5 Å². The number of nitrogens with one attached hydrogen (secondary N) is 1. The van der Waals surface area contributed by atoms with Crippen LogP contribution in [0.4, 0.5) is 30.7 Å². The highest BCUT2D eigenvalue weighted by Crippen LogP contribution is 2.51. The first-order valence-electron chi connectivity index (χ1n) is 11.9. The summed E-state index contributed by atoms with van der Waals surface area (Å²) in [5, 5.41) is 2.55. The van der Waals surface area contributed by atoms with Crippen molar-refractivity contribution in [2.45, 2.75) is 50.9 Å². The highest BCUT2D eigenvalue weighted by molar-refractivity contribution is 5.94. The van der Waals surface area contributed by atoms with Gasteiger partial charge in [-0.05, 0) is 62.9 Å². The number of rotatable bonds is 7. The van der Waals surface area contributed by atoms with E-state index in [2.05, 4.69) is 5.32 Å². The fourth-order valence-corrected chi connectivity index (χ4v) is 4.99. The maximum atomic E-state index is 13.6. The standard InChI is InChI=1S/C24H30F7N3O2/c1-33(21(36)22(24(29,30)31)6-2-3-7-22)10-11-34-8-4-16(5-9-34)15-32-20(35)17-12-18(23(26,27)28)14-19(25)13-17/h12-14,16H,2-11,15H2,1H3,(H,32,35). The number of nitrogens with zero attached hydrogens (tertiary/aromatic N) is 2. The molecule has 1 saturated carbocycles. The van der Waals surface area contributed by atoms with Gasteiger partial charge in [-0.2, -0.15) is 26.3 Å². The number of carbonyl (C=O) groups is 2. The van der Waals surface area contributed by atoms with Crippen LogP contribution in [0.15, 0.2) is 18.2 Å². The summed E-state index contributed by atoms with van der Waals surface area (Å²) >= 11 is 0. The molecule has 12 heteroatoms. The Morgan fingerprint density at radius 1 is 1.06 bits per heavy atom. The molecule has 1 saturated heterocycles. The number of halogens is 7. The van der Waals surface area contributed by atoms with E-state index in [4.69, 9.17) is 0 Å². The van der Waals surface area contributed by atoms with E-state index < -0.39 is 46.5 Å². The molecule has 0 radical (unpaired) electrons. The maximum absolute atomic E-state index is 13.6. The molecule has 2 fully saturated rings. The molecule has 1 aliphatic carbocycles. The fraction of sp³-hybridized carbons (Fsp3) is 0.667. The summed E-state index contributed by atoms with van der Waals surface area (Å²) in [4.78, 5) is 28.1. The van der Waals surface area contributed by atoms with Crippen molar-refractivity contribution in [2.24, 2.45) is 11.3 Å². The second-order valence-corrected chi connectivity index (χ2v) is 9.74. The van der Waals surface area contributed by atoms with Gasteiger partial charge in [0.1, 0.15) is 11.2 Å². The van der Waals surface area contributed by atoms with Gasteiger partial charge in [0.2, 0.25) is 5.91 Å². The number of likely N-dealkylation sites (tertiary alicyclic amines) is 1. The lowest BCUT2D eigenvalue weighted by Gasteiger charge is -2.36. The van der Waals surface area contributed by atoms with Gasteiger partial charge in [0.05, 0.1) is 5.56 Å². The average Bonchev–Trinajstić information content (AvgIpc) is 3.32. The van der Waals surface area contributed by atoms with Crippen molar-refractivity contribution in [3.8, 4) is 0 Å². The van der Waals surface area contributed by atoms with E-state index in [1.807, 2.05) is 4.90 Å². The number of hydrogen-bond acceptors (Lipinski definition) is 3. The molecule has 3 rings (SSSR count). The van der Waals surface area contributed by atoms with Gasteiger partial charge in [0, 0.05) is 32.2 Å². The van der Waals surface area contributed by atoms with Gasteiger partial charge in [0.15, 0.2) is 0 Å². The minimum Gasteiger partial charge on any atom is -0.352 e. The van der Waals surface area contributed by atoms with Crippen LogP contribution in [0.25, 0.3) is 0 Å². The van der Waals surface area contributed by atoms with Gasteiger partial charge in [-0.25, -0.2) is 4.39 Å². The molecule has 5 nitrogen and oxygen atoms in total. The van der Waals surface area contributed by atoms with Crippen molar-refractivity contribution in [1.82, 2.24) is 15.1 Å². The normalized spacial score (nSPS) is 19.3. The summed E-state index contributed by atoms with van der Waals surface area (Å²) in [6.07, 6.45) is -7.63. The number of amides is 2. The molecule has 0 atom stereocenters. The Morgan fingerprint density at radius 2 is 1.67 bits per heavy atom. The first kappa shape index (κ1) is 28.2. The van der Waals surface area contributed by atoms with Crippen LogP contribution in [-0.2, 0) is 11.0 Å². The molecule has 1 aromatic carbocycles. The SMILES string of the molecule is CN(CCN1CCC(CNC(=O)c2cc(F)cc(C(F)(F)F)c2)CC1)C(=O)C1(C(F)(F)F)CCCC1. The van der Waals surface area contributed by atoms with Crippen LogP contribution in [0.5, 0.6) is 0 Å². The Labute approximate surface area is 205 Å². The zero-order valence-corrected chi connectivity index (χ0v) is 19.9. The largest absolute Gasteiger partial charge is 0.416 e. The molecule has 0 spiro atoms. The van der Waals surface area contributed by atoms with Gasteiger partial charge in [-0.15, -0.1) is 0 Å².